The highest BCUT2D eigenvalue weighted by molar-refractivity contribution is 14.1. The van der Waals surface area contributed by atoms with Crippen LogP contribution in [0.25, 0.3) is 0 Å². The standard InChI is InChI=1S/C11H19IN2/c1-8(2)6-5-7-14-10(4)11(12)9(3)13-14/h8H,5-7H2,1-4H3. The van der Waals surface area contributed by atoms with Crippen LogP contribution in [0.1, 0.15) is 38.1 Å². The van der Waals surface area contributed by atoms with E-state index in [9.17, 15) is 0 Å². The van der Waals surface area contributed by atoms with E-state index in [1.54, 1.807) is 0 Å². The largest absolute Gasteiger partial charge is 0.269 e. The molecule has 1 rings (SSSR count). The molecule has 0 saturated heterocycles. The smallest absolute Gasteiger partial charge is 0.0729 e. The average molecular weight is 306 g/mol. The van der Waals surface area contributed by atoms with Crippen molar-refractivity contribution in [2.45, 2.75) is 47.1 Å². The summed E-state index contributed by atoms with van der Waals surface area (Å²) in [6.07, 6.45) is 2.52. The Bertz CT molecular complexity index is 302. The number of hydrogen-bond acceptors (Lipinski definition) is 1. The van der Waals surface area contributed by atoms with Gasteiger partial charge in [-0.2, -0.15) is 5.10 Å². The number of halogens is 1. The van der Waals surface area contributed by atoms with Gasteiger partial charge in [0.25, 0.3) is 0 Å². The number of nitrogens with zero attached hydrogens (tertiary/aromatic N) is 2. The Morgan fingerprint density at radius 2 is 2.00 bits per heavy atom. The van der Waals surface area contributed by atoms with Crippen molar-refractivity contribution >= 4 is 22.6 Å². The third kappa shape index (κ3) is 2.97. The summed E-state index contributed by atoms with van der Waals surface area (Å²) in [5.74, 6) is 0.797. The van der Waals surface area contributed by atoms with E-state index in [-0.39, 0.29) is 0 Å². The van der Waals surface area contributed by atoms with Crippen molar-refractivity contribution in [3.63, 3.8) is 0 Å². The molecule has 0 fully saturated rings. The Morgan fingerprint density at radius 3 is 2.43 bits per heavy atom. The lowest BCUT2D eigenvalue weighted by Gasteiger charge is -2.06. The van der Waals surface area contributed by atoms with Crippen LogP contribution in [-0.2, 0) is 6.54 Å². The highest BCUT2D eigenvalue weighted by Crippen LogP contribution is 2.16. The van der Waals surface area contributed by atoms with Gasteiger partial charge in [0.15, 0.2) is 0 Å². The van der Waals surface area contributed by atoms with Gasteiger partial charge in [-0.3, -0.25) is 4.68 Å². The zero-order chi connectivity index (χ0) is 10.7. The molecule has 0 N–H and O–H groups in total. The molecule has 2 nitrogen and oxygen atoms in total. The lowest BCUT2D eigenvalue weighted by Crippen LogP contribution is -2.03. The van der Waals surface area contributed by atoms with E-state index < -0.39 is 0 Å². The van der Waals surface area contributed by atoms with E-state index in [1.165, 1.54) is 22.1 Å². The highest BCUT2D eigenvalue weighted by atomic mass is 127. The molecule has 0 aromatic carbocycles. The van der Waals surface area contributed by atoms with Crippen molar-refractivity contribution in [2.24, 2.45) is 5.92 Å². The minimum Gasteiger partial charge on any atom is -0.269 e. The maximum absolute atomic E-state index is 4.52. The fourth-order valence-electron chi connectivity index (χ4n) is 1.54. The van der Waals surface area contributed by atoms with Crippen LogP contribution in [0.4, 0.5) is 0 Å². The first-order valence-corrected chi connectivity index (χ1v) is 6.29. The van der Waals surface area contributed by atoms with Crippen molar-refractivity contribution in [1.29, 1.82) is 0 Å². The molecule has 0 bridgehead atoms. The van der Waals surface area contributed by atoms with Gasteiger partial charge in [-0.15, -0.1) is 0 Å². The first kappa shape index (κ1) is 12.0. The van der Waals surface area contributed by atoms with Gasteiger partial charge in [-0.1, -0.05) is 13.8 Å². The first-order chi connectivity index (χ1) is 6.52. The highest BCUT2D eigenvalue weighted by Gasteiger charge is 2.07. The van der Waals surface area contributed by atoms with E-state index in [1.807, 2.05) is 0 Å². The van der Waals surface area contributed by atoms with E-state index in [0.717, 1.165) is 18.2 Å². The summed E-state index contributed by atoms with van der Waals surface area (Å²) in [4.78, 5) is 0. The van der Waals surface area contributed by atoms with E-state index >= 15 is 0 Å². The molecule has 0 amide bonds. The second-order valence-electron chi connectivity index (χ2n) is 4.24. The van der Waals surface area contributed by atoms with Crippen LogP contribution < -0.4 is 0 Å². The summed E-state index contributed by atoms with van der Waals surface area (Å²) < 4.78 is 3.45. The van der Waals surface area contributed by atoms with Crippen LogP contribution in [0.3, 0.4) is 0 Å². The van der Waals surface area contributed by atoms with Gasteiger partial charge in [0, 0.05) is 12.2 Å². The zero-order valence-corrected chi connectivity index (χ0v) is 11.6. The minimum atomic E-state index is 0.797. The van der Waals surface area contributed by atoms with Crippen LogP contribution in [-0.4, -0.2) is 9.78 Å². The molecule has 0 aliphatic rings. The second-order valence-corrected chi connectivity index (χ2v) is 5.32. The topological polar surface area (TPSA) is 17.8 Å². The van der Waals surface area contributed by atoms with E-state index in [2.05, 4.69) is 60.1 Å². The third-order valence-corrected chi connectivity index (χ3v) is 4.01. The van der Waals surface area contributed by atoms with Crippen molar-refractivity contribution < 1.29 is 0 Å². The van der Waals surface area contributed by atoms with Crippen LogP contribution in [0, 0.1) is 23.3 Å². The van der Waals surface area contributed by atoms with Gasteiger partial charge in [0.2, 0.25) is 0 Å². The van der Waals surface area contributed by atoms with Crippen LogP contribution >= 0.6 is 22.6 Å². The summed E-state index contributed by atoms with van der Waals surface area (Å²) in [5, 5.41) is 4.52. The fraction of sp³-hybridized carbons (Fsp3) is 0.727. The summed E-state index contributed by atoms with van der Waals surface area (Å²) >= 11 is 2.37. The molecule has 80 valence electrons. The van der Waals surface area contributed by atoms with Crippen LogP contribution in [0.5, 0.6) is 0 Å². The van der Waals surface area contributed by atoms with Crippen molar-refractivity contribution in [3.8, 4) is 0 Å². The molecule has 14 heavy (non-hydrogen) atoms. The maximum atomic E-state index is 4.52. The van der Waals surface area contributed by atoms with Crippen LogP contribution in [0.2, 0.25) is 0 Å². The third-order valence-electron chi connectivity index (χ3n) is 2.44. The molecule has 0 radical (unpaired) electrons. The molecule has 0 aliphatic heterocycles. The Morgan fingerprint density at radius 1 is 1.36 bits per heavy atom. The molecule has 0 spiro atoms. The van der Waals surface area contributed by atoms with Gasteiger partial charge < -0.3 is 0 Å². The van der Waals surface area contributed by atoms with E-state index in [0.29, 0.717) is 0 Å². The lowest BCUT2D eigenvalue weighted by atomic mass is 10.1. The molecule has 0 aliphatic carbocycles. The van der Waals surface area contributed by atoms with Gasteiger partial charge in [0.1, 0.15) is 0 Å². The normalized spacial score (nSPS) is 11.3. The summed E-state index contributed by atoms with van der Waals surface area (Å²) in [7, 11) is 0. The SMILES string of the molecule is Cc1nn(CCCC(C)C)c(C)c1I. The monoisotopic (exact) mass is 306 g/mol. The Hall–Kier alpha value is -0.0600. The summed E-state index contributed by atoms with van der Waals surface area (Å²) in [5.41, 5.74) is 2.47. The fourth-order valence-corrected chi connectivity index (χ4v) is 1.93. The molecule has 1 heterocycles. The second kappa shape index (κ2) is 5.14. The number of rotatable bonds is 4. The summed E-state index contributed by atoms with van der Waals surface area (Å²) in [6, 6.07) is 0. The molecule has 1 aromatic heterocycles. The molecule has 0 atom stereocenters. The molecular weight excluding hydrogens is 287 g/mol. The average Bonchev–Trinajstić information content (AvgIpc) is 2.33. The Labute approximate surface area is 100 Å². The quantitative estimate of drug-likeness (QED) is 0.778. The number of aromatic nitrogens is 2. The van der Waals surface area contributed by atoms with Crippen LogP contribution in [0.15, 0.2) is 0 Å². The zero-order valence-electron chi connectivity index (χ0n) is 9.47. The Kier molecular flexibility index (Phi) is 4.41. The predicted octanol–water partition coefficient (Wildman–Crippen LogP) is 3.54. The van der Waals surface area contributed by atoms with E-state index in [4.69, 9.17) is 0 Å². The van der Waals surface area contributed by atoms with Crippen molar-refractivity contribution in [3.05, 3.63) is 15.0 Å². The molecule has 1 aromatic rings. The Balaban J connectivity index is 2.55. The molecule has 3 heteroatoms. The number of aryl methyl sites for hydroxylation is 2. The summed E-state index contributed by atoms with van der Waals surface area (Å²) in [6.45, 7) is 9.83. The predicted molar refractivity (Wildman–Crippen MR) is 68.5 cm³/mol. The van der Waals surface area contributed by atoms with Crippen molar-refractivity contribution in [2.75, 3.05) is 0 Å². The number of hydrogen-bond donors (Lipinski definition) is 0. The lowest BCUT2D eigenvalue weighted by molar-refractivity contribution is 0.483. The van der Waals surface area contributed by atoms with Gasteiger partial charge in [-0.05, 0) is 55.2 Å². The molecule has 0 unspecified atom stereocenters. The molecule has 0 saturated carbocycles. The maximum Gasteiger partial charge on any atom is 0.0729 e. The van der Waals surface area contributed by atoms with Gasteiger partial charge in [0.05, 0.1) is 9.26 Å². The van der Waals surface area contributed by atoms with Gasteiger partial charge in [-0.25, -0.2) is 0 Å². The molecular formula is C11H19IN2. The van der Waals surface area contributed by atoms with Crippen molar-refractivity contribution in [1.82, 2.24) is 9.78 Å². The van der Waals surface area contributed by atoms with Gasteiger partial charge >= 0.3 is 0 Å². The first-order valence-electron chi connectivity index (χ1n) is 5.22. The minimum absolute atomic E-state index is 0.797.